The maximum absolute atomic E-state index is 8.74. The van der Waals surface area contributed by atoms with Crippen LogP contribution in [0, 0.1) is 15.3 Å². The van der Waals surface area contributed by atoms with E-state index in [0.717, 1.165) is 0 Å². The molecule has 2 N–H and O–H groups in total. The van der Waals surface area contributed by atoms with Gasteiger partial charge in [0.1, 0.15) is 0 Å². The third kappa shape index (κ3) is 1040. The Bertz CT molecular complexity index is 156. The van der Waals surface area contributed by atoms with Gasteiger partial charge in [-0.05, 0) is 0 Å². The molecular weight excluding hydrogens is 197 g/mol. The van der Waals surface area contributed by atoms with Crippen molar-refractivity contribution in [2.45, 2.75) is 0 Å². The van der Waals surface area contributed by atoms with E-state index in [2.05, 4.69) is 0 Å². The smallest absolute Gasteiger partial charge is 0.356 e. The standard InChI is InChI=1S/K.NO3.H2O4S/c;2-1(3)4;1-5(2,3)4/h;;(H2,1,2,3,4)/q+1;-1;. The molecule has 0 saturated heterocycles. The summed E-state index contributed by atoms with van der Waals surface area (Å²) in [6.07, 6.45) is 0. The van der Waals surface area contributed by atoms with Crippen LogP contribution in [0.15, 0.2) is 0 Å². The first-order chi connectivity index (χ1) is 3.73. The van der Waals surface area contributed by atoms with Crippen LogP contribution in [0.4, 0.5) is 0 Å². The molecular formula is H2KNO7S. The zero-order valence-corrected chi connectivity index (χ0v) is 8.73. The quantitative estimate of drug-likeness (QED) is 0.176. The van der Waals surface area contributed by atoms with Crippen LogP contribution in [0.5, 0.6) is 0 Å². The van der Waals surface area contributed by atoms with Crippen LogP contribution in [0.2, 0.25) is 0 Å². The van der Waals surface area contributed by atoms with E-state index in [9.17, 15) is 0 Å². The van der Waals surface area contributed by atoms with Gasteiger partial charge in [-0.25, -0.2) is 0 Å². The largest absolute Gasteiger partial charge is 1.00 e. The van der Waals surface area contributed by atoms with Crippen LogP contribution in [0.3, 0.4) is 0 Å². The van der Waals surface area contributed by atoms with Crippen molar-refractivity contribution in [3.05, 3.63) is 15.3 Å². The Morgan fingerprint density at radius 3 is 1.20 bits per heavy atom. The van der Waals surface area contributed by atoms with Crippen molar-refractivity contribution >= 4 is 10.4 Å². The topological polar surface area (TPSA) is 141 Å². The van der Waals surface area contributed by atoms with Crippen molar-refractivity contribution in [1.82, 2.24) is 0 Å². The van der Waals surface area contributed by atoms with E-state index < -0.39 is 15.5 Å². The summed E-state index contributed by atoms with van der Waals surface area (Å²) in [6, 6.07) is 0. The first-order valence-corrected chi connectivity index (χ1v) is 2.64. The maximum Gasteiger partial charge on any atom is 1.00 e. The Morgan fingerprint density at radius 1 is 1.20 bits per heavy atom. The Kier molecular flexibility index (Phi) is 13.3. The van der Waals surface area contributed by atoms with Gasteiger partial charge in [-0.3, -0.25) is 9.11 Å². The first kappa shape index (κ1) is 17.0. The molecule has 0 saturated carbocycles. The number of nitrogens with zero attached hydrogens (tertiary/aromatic N) is 1. The molecule has 0 rings (SSSR count). The third-order valence-electron chi connectivity index (χ3n) is 0. The van der Waals surface area contributed by atoms with Crippen LogP contribution in [-0.2, 0) is 10.4 Å². The monoisotopic (exact) mass is 199 g/mol. The van der Waals surface area contributed by atoms with Gasteiger partial charge in [0, 0.05) is 0 Å². The second kappa shape index (κ2) is 7.81. The second-order valence-corrected chi connectivity index (χ2v) is 1.57. The summed E-state index contributed by atoms with van der Waals surface area (Å²) in [7, 11) is -4.67. The predicted octanol–water partition coefficient (Wildman–Crippen LogP) is -3.89. The van der Waals surface area contributed by atoms with E-state index in [1.165, 1.54) is 0 Å². The van der Waals surface area contributed by atoms with Gasteiger partial charge >= 0.3 is 61.8 Å². The van der Waals surface area contributed by atoms with Crippen LogP contribution >= 0.6 is 0 Å². The Balaban J connectivity index is -0.0000000910. The van der Waals surface area contributed by atoms with Crippen LogP contribution in [0.1, 0.15) is 0 Å². The molecule has 0 aromatic carbocycles. The summed E-state index contributed by atoms with van der Waals surface area (Å²) in [5, 5.41) is 14.8. The minimum Gasteiger partial charge on any atom is -0.356 e. The van der Waals surface area contributed by atoms with Gasteiger partial charge in [0.2, 0.25) is 0 Å². The van der Waals surface area contributed by atoms with E-state index in [0.29, 0.717) is 0 Å². The van der Waals surface area contributed by atoms with E-state index in [4.69, 9.17) is 32.8 Å². The second-order valence-electron chi connectivity index (χ2n) is 0.671. The van der Waals surface area contributed by atoms with E-state index in [1.54, 1.807) is 0 Å². The summed E-state index contributed by atoms with van der Waals surface area (Å²) < 4.78 is 31.6. The molecule has 10 heteroatoms. The molecule has 8 nitrogen and oxygen atoms in total. The van der Waals surface area contributed by atoms with Gasteiger partial charge in [0.05, 0.1) is 5.09 Å². The number of hydrogen-bond acceptors (Lipinski definition) is 5. The van der Waals surface area contributed by atoms with E-state index in [1.807, 2.05) is 0 Å². The summed E-state index contributed by atoms with van der Waals surface area (Å²) in [5.41, 5.74) is 0. The van der Waals surface area contributed by atoms with Crippen molar-refractivity contribution in [3.63, 3.8) is 0 Å². The molecule has 0 aliphatic rings. The zero-order chi connectivity index (χ0) is 8.08. The molecule has 0 aliphatic carbocycles. The van der Waals surface area contributed by atoms with Crippen molar-refractivity contribution in [2.75, 3.05) is 0 Å². The van der Waals surface area contributed by atoms with Crippen molar-refractivity contribution in [2.24, 2.45) is 0 Å². The van der Waals surface area contributed by atoms with E-state index >= 15 is 0 Å². The van der Waals surface area contributed by atoms with E-state index in [-0.39, 0.29) is 51.4 Å². The molecule has 0 aromatic heterocycles. The molecule has 0 heterocycles. The van der Waals surface area contributed by atoms with Crippen molar-refractivity contribution in [3.8, 4) is 0 Å². The molecule has 0 aliphatic heterocycles. The molecule has 0 aromatic rings. The van der Waals surface area contributed by atoms with Crippen LogP contribution in [-0.4, -0.2) is 22.6 Å². The zero-order valence-electron chi connectivity index (χ0n) is 4.79. The van der Waals surface area contributed by atoms with Crippen LogP contribution in [0.25, 0.3) is 0 Å². The average molecular weight is 199 g/mol. The minimum absolute atomic E-state index is 0. The fraction of sp³-hybridized carbons (Fsp3) is 0. The van der Waals surface area contributed by atoms with Gasteiger partial charge in [-0.1, -0.05) is 0 Å². The molecule has 0 fully saturated rings. The van der Waals surface area contributed by atoms with Gasteiger partial charge in [-0.15, -0.1) is 0 Å². The Labute approximate surface area is 98.3 Å². The molecule has 0 bridgehead atoms. The van der Waals surface area contributed by atoms with Crippen LogP contribution < -0.4 is 51.4 Å². The van der Waals surface area contributed by atoms with Crippen molar-refractivity contribution in [1.29, 1.82) is 0 Å². The molecule has 0 atom stereocenters. The fourth-order valence-corrected chi connectivity index (χ4v) is 0. The molecule has 0 amide bonds. The third-order valence-corrected chi connectivity index (χ3v) is 0. The summed E-state index contributed by atoms with van der Waals surface area (Å²) in [5.74, 6) is 0. The molecule has 0 radical (unpaired) electrons. The molecule has 0 spiro atoms. The SMILES string of the molecule is O=S(=O)(O)O.O=[N+]([O-])[O-].[K+]. The molecule has 56 valence electrons. The number of rotatable bonds is 0. The summed E-state index contributed by atoms with van der Waals surface area (Å²) in [6.45, 7) is 0. The molecule has 10 heavy (non-hydrogen) atoms. The van der Waals surface area contributed by atoms with Crippen molar-refractivity contribution < 1.29 is 74.0 Å². The first-order valence-electron chi connectivity index (χ1n) is 1.25. The summed E-state index contributed by atoms with van der Waals surface area (Å²) in [4.78, 5) is 8.25. The Hall–Kier alpha value is 0.706. The fourth-order valence-electron chi connectivity index (χ4n) is 0. The minimum atomic E-state index is -4.67. The molecule has 0 unspecified atom stereocenters. The predicted molar refractivity (Wildman–Crippen MR) is 24.5 cm³/mol. The van der Waals surface area contributed by atoms with Gasteiger partial charge in [0.15, 0.2) is 0 Å². The Morgan fingerprint density at radius 2 is 1.20 bits per heavy atom. The summed E-state index contributed by atoms with van der Waals surface area (Å²) >= 11 is 0. The van der Waals surface area contributed by atoms with Gasteiger partial charge < -0.3 is 15.3 Å². The normalized spacial score (nSPS) is 8.20. The number of hydrogen-bond donors (Lipinski definition) is 2. The maximum atomic E-state index is 8.74. The average Bonchev–Trinajstić information content (AvgIpc) is 1.19. The van der Waals surface area contributed by atoms with Gasteiger partial charge in [-0.2, -0.15) is 8.42 Å². The van der Waals surface area contributed by atoms with Gasteiger partial charge in [0.25, 0.3) is 0 Å².